The highest BCUT2D eigenvalue weighted by molar-refractivity contribution is 7.12. The largest absolute Gasteiger partial charge is 0.369 e. The molecule has 0 atom stereocenters. The third-order valence-electron chi connectivity index (χ3n) is 3.19. The van der Waals surface area contributed by atoms with Crippen LogP contribution in [0.5, 0.6) is 0 Å². The van der Waals surface area contributed by atoms with Gasteiger partial charge in [0.15, 0.2) is 0 Å². The monoisotopic (exact) mass is 349 g/mol. The van der Waals surface area contributed by atoms with Crippen LogP contribution in [0, 0.1) is 6.92 Å². The molecule has 2 aromatic heterocycles. The zero-order chi connectivity index (χ0) is 16.4. The SMILES string of the molecule is Cc1c(Cl)cccc1NC(=O)Cn1nnn(-c2cccs2)c1=O. The van der Waals surface area contributed by atoms with Gasteiger partial charge in [0.1, 0.15) is 11.5 Å². The smallest absolute Gasteiger partial charge is 0.324 e. The van der Waals surface area contributed by atoms with Gasteiger partial charge in [0.2, 0.25) is 5.91 Å². The van der Waals surface area contributed by atoms with Gasteiger partial charge in [0.25, 0.3) is 0 Å². The van der Waals surface area contributed by atoms with Gasteiger partial charge in [-0.25, -0.2) is 4.79 Å². The van der Waals surface area contributed by atoms with Crippen LogP contribution in [0.1, 0.15) is 5.56 Å². The number of benzene rings is 1. The molecule has 0 spiro atoms. The van der Waals surface area contributed by atoms with Crippen LogP contribution in [-0.2, 0) is 11.3 Å². The number of hydrogen-bond donors (Lipinski definition) is 1. The van der Waals surface area contributed by atoms with Crippen molar-refractivity contribution < 1.29 is 4.79 Å². The summed E-state index contributed by atoms with van der Waals surface area (Å²) in [6.07, 6.45) is 0. The molecule has 1 amide bonds. The molecule has 23 heavy (non-hydrogen) atoms. The first-order chi connectivity index (χ1) is 11.1. The van der Waals surface area contributed by atoms with E-state index >= 15 is 0 Å². The number of halogens is 1. The molecular formula is C14H12ClN5O2S. The molecule has 0 aliphatic heterocycles. The minimum absolute atomic E-state index is 0.226. The lowest BCUT2D eigenvalue weighted by molar-refractivity contribution is -0.117. The van der Waals surface area contributed by atoms with Crippen molar-refractivity contribution >= 4 is 34.5 Å². The maximum Gasteiger partial charge on any atom is 0.369 e. The Kier molecular flexibility index (Phi) is 4.26. The molecule has 3 aromatic rings. The minimum atomic E-state index is -0.467. The van der Waals surface area contributed by atoms with E-state index in [-0.39, 0.29) is 12.5 Å². The Hall–Kier alpha value is -2.45. The van der Waals surface area contributed by atoms with Gasteiger partial charge in [0.05, 0.1) is 0 Å². The standard InChI is InChI=1S/C14H12ClN5O2S/c1-9-10(15)4-2-5-11(9)16-12(21)8-19-14(22)20(18-17-19)13-6-3-7-23-13/h2-7H,8H2,1H3,(H,16,21). The Morgan fingerprint density at radius 3 is 2.87 bits per heavy atom. The number of carbonyl (C=O) groups is 1. The molecule has 0 bridgehead atoms. The average molecular weight is 350 g/mol. The van der Waals surface area contributed by atoms with Crippen LogP contribution in [0.25, 0.3) is 5.00 Å². The fraction of sp³-hybridized carbons (Fsp3) is 0.143. The van der Waals surface area contributed by atoms with Crippen molar-refractivity contribution in [2.24, 2.45) is 0 Å². The van der Waals surface area contributed by atoms with Gasteiger partial charge < -0.3 is 5.32 Å². The Morgan fingerprint density at radius 1 is 1.30 bits per heavy atom. The number of tetrazole rings is 1. The predicted octanol–water partition coefficient (Wildman–Crippen LogP) is 2.09. The molecule has 0 aliphatic rings. The highest BCUT2D eigenvalue weighted by Crippen LogP contribution is 2.22. The van der Waals surface area contributed by atoms with E-state index in [2.05, 4.69) is 15.7 Å². The van der Waals surface area contributed by atoms with Gasteiger partial charge in [-0.2, -0.15) is 9.36 Å². The number of anilines is 1. The summed E-state index contributed by atoms with van der Waals surface area (Å²) in [5.41, 5.74) is 0.892. The van der Waals surface area contributed by atoms with E-state index in [1.807, 2.05) is 5.38 Å². The normalized spacial score (nSPS) is 10.7. The molecule has 0 fully saturated rings. The van der Waals surface area contributed by atoms with Crippen molar-refractivity contribution in [1.29, 1.82) is 0 Å². The molecule has 2 heterocycles. The summed E-state index contributed by atoms with van der Waals surface area (Å²) in [5.74, 6) is -0.379. The molecule has 9 heteroatoms. The molecule has 118 valence electrons. The minimum Gasteiger partial charge on any atom is -0.324 e. The van der Waals surface area contributed by atoms with Crippen LogP contribution < -0.4 is 11.0 Å². The van der Waals surface area contributed by atoms with Crippen molar-refractivity contribution in [1.82, 2.24) is 19.8 Å². The van der Waals surface area contributed by atoms with Crippen LogP contribution in [0.3, 0.4) is 0 Å². The van der Waals surface area contributed by atoms with Crippen LogP contribution in [0.2, 0.25) is 5.02 Å². The third-order valence-corrected chi connectivity index (χ3v) is 4.44. The second-order valence-electron chi connectivity index (χ2n) is 4.74. The number of nitrogens with zero attached hydrogens (tertiary/aromatic N) is 4. The zero-order valence-electron chi connectivity index (χ0n) is 12.1. The lowest BCUT2D eigenvalue weighted by Crippen LogP contribution is -2.29. The number of hydrogen-bond acceptors (Lipinski definition) is 5. The molecule has 3 rings (SSSR count). The van der Waals surface area contributed by atoms with E-state index in [1.165, 1.54) is 11.3 Å². The Balaban J connectivity index is 1.76. The maximum atomic E-state index is 12.2. The fourth-order valence-corrected chi connectivity index (χ4v) is 2.81. The van der Waals surface area contributed by atoms with E-state index in [0.717, 1.165) is 14.9 Å². The summed E-state index contributed by atoms with van der Waals surface area (Å²) in [4.78, 5) is 24.3. The van der Waals surface area contributed by atoms with E-state index < -0.39 is 5.69 Å². The number of nitrogens with one attached hydrogen (secondary N) is 1. The molecular weight excluding hydrogens is 338 g/mol. The second-order valence-corrected chi connectivity index (χ2v) is 6.08. The number of thiophene rings is 1. The van der Waals surface area contributed by atoms with Gasteiger partial charge in [-0.15, -0.1) is 11.3 Å². The number of rotatable bonds is 4. The topological polar surface area (TPSA) is 81.8 Å². The average Bonchev–Trinajstić information content (AvgIpc) is 3.15. The van der Waals surface area contributed by atoms with E-state index in [1.54, 1.807) is 37.3 Å². The Morgan fingerprint density at radius 2 is 2.13 bits per heavy atom. The summed E-state index contributed by atoms with van der Waals surface area (Å²) in [6, 6.07) is 8.78. The van der Waals surface area contributed by atoms with E-state index in [4.69, 9.17) is 11.6 Å². The number of aromatic nitrogens is 4. The third kappa shape index (κ3) is 3.17. The maximum absolute atomic E-state index is 12.2. The first-order valence-corrected chi connectivity index (χ1v) is 7.93. The number of carbonyl (C=O) groups excluding carboxylic acids is 1. The molecule has 1 N–H and O–H groups in total. The quantitative estimate of drug-likeness (QED) is 0.782. The fourth-order valence-electron chi connectivity index (χ4n) is 1.97. The van der Waals surface area contributed by atoms with Crippen molar-refractivity contribution in [3.05, 3.63) is 56.8 Å². The molecule has 7 nitrogen and oxygen atoms in total. The summed E-state index contributed by atoms with van der Waals surface area (Å²) in [5, 5.41) is 13.3. The van der Waals surface area contributed by atoms with Crippen LogP contribution in [0.4, 0.5) is 5.69 Å². The summed E-state index contributed by atoms with van der Waals surface area (Å²) in [6.45, 7) is 1.58. The first kappa shape index (κ1) is 15.4. The van der Waals surface area contributed by atoms with Crippen molar-refractivity contribution in [3.63, 3.8) is 0 Å². The highest BCUT2D eigenvalue weighted by Gasteiger charge is 2.13. The lowest BCUT2D eigenvalue weighted by Gasteiger charge is -2.08. The summed E-state index contributed by atoms with van der Waals surface area (Å²) >= 11 is 7.37. The molecule has 0 radical (unpaired) electrons. The Bertz CT molecular complexity index is 900. The number of amides is 1. The van der Waals surface area contributed by atoms with Crippen LogP contribution >= 0.6 is 22.9 Å². The predicted molar refractivity (Wildman–Crippen MR) is 88.3 cm³/mol. The second kappa shape index (κ2) is 6.35. The van der Waals surface area contributed by atoms with Crippen LogP contribution in [0.15, 0.2) is 40.5 Å². The Labute approximate surface area is 140 Å². The van der Waals surface area contributed by atoms with Crippen molar-refractivity contribution in [2.45, 2.75) is 13.5 Å². The highest BCUT2D eigenvalue weighted by atomic mass is 35.5. The lowest BCUT2D eigenvalue weighted by atomic mass is 10.2. The van der Waals surface area contributed by atoms with Gasteiger partial charge in [-0.05, 0) is 52.6 Å². The van der Waals surface area contributed by atoms with Gasteiger partial charge in [-0.1, -0.05) is 17.7 Å². The van der Waals surface area contributed by atoms with Gasteiger partial charge in [-0.3, -0.25) is 4.79 Å². The van der Waals surface area contributed by atoms with E-state index in [9.17, 15) is 9.59 Å². The van der Waals surface area contributed by atoms with Crippen LogP contribution in [-0.4, -0.2) is 25.7 Å². The van der Waals surface area contributed by atoms with Gasteiger partial charge in [0, 0.05) is 10.7 Å². The summed E-state index contributed by atoms with van der Waals surface area (Å²) in [7, 11) is 0. The molecule has 0 saturated carbocycles. The summed E-state index contributed by atoms with van der Waals surface area (Å²) < 4.78 is 2.16. The van der Waals surface area contributed by atoms with Gasteiger partial charge >= 0.3 is 5.69 Å². The molecule has 0 unspecified atom stereocenters. The van der Waals surface area contributed by atoms with E-state index in [0.29, 0.717) is 15.7 Å². The first-order valence-electron chi connectivity index (χ1n) is 6.68. The van der Waals surface area contributed by atoms with Crippen molar-refractivity contribution in [3.8, 4) is 5.00 Å². The zero-order valence-corrected chi connectivity index (χ0v) is 13.6. The van der Waals surface area contributed by atoms with Crippen molar-refractivity contribution in [2.75, 3.05) is 5.32 Å². The molecule has 1 aromatic carbocycles. The molecule has 0 saturated heterocycles. The molecule has 0 aliphatic carbocycles.